The van der Waals surface area contributed by atoms with E-state index in [1.54, 1.807) is 6.08 Å². The number of carbonyl (C=O) groups excluding carboxylic acids is 1. The van der Waals surface area contributed by atoms with Crippen LogP contribution in [0.4, 0.5) is 0 Å². The van der Waals surface area contributed by atoms with Gasteiger partial charge in [-0.2, -0.15) is 0 Å². The number of para-hydroxylation sites is 1. The molecule has 0 bridgehead atoms. The molecule has 3 heteroatoms. The predicted molar refractivity (Wildman–Crippen MR) is 88.3 cm³/mol. The minimum atomic E-state index is -0.175. The highest BCUT2D eigenvalue weighted by Crippen LogP contribution is 2.21. The summed E-state index contributed by atoms with van der Waals surface area (Å²) in [6.45, 7) is 10.5. The number of nitrogens with zero attached hydrogens (tertiary/aromatic N) is 1. The first kappa shape index (κ1) is 15.4. The average Bonchev–Trinajstić information content (AvgIpc) is 2.84. The second-order valence-corrected chi connectivity index (χ2v) is 6.32. The fourth-order valence-corrected chi connectivity index (χ4v) is 2.59. The van der Waals surface area contributed by atoms with E-state index in [2.05, 4.69) is 44.5 Å². The van der Waals surface area contributed by atoms with Crippen LogP contribution in [-0.2, 0) is 11.2 Å². The smallest absolute Gasteiger partial charge is 0.223 e. The Morgan fingerprint density at radius 2 is 2.05 bits per heavy atom. The second-order valence-electron chi connectivity index (χ2n) is 6.32. The lowest BCUT2D eigenvalue weighted by Crippen LogP contribution is -2.45. The molecule has 0 unspecified atom stereocenters. The highest BCUT2D eigenvalue weighted by molar-refractivity contribution is 5.84. The summed E-state index contributed by atoms with van der Waals surface area (Å²) in [6, 6.07) is 8.19. The lowest BCUT2D eigenvalue weighted by molar-refractivity contribution is -0.135. The summed E-state index contributed by atoms with van der Waals surface area (Å²) in [5.74, 6) is 0.174. The number of H-pyrrole nitrogens is 1. The van der Waals surface area contributed by atoms with Gasteiger partial charge in [-0.25, -0.2) is 0 Å². The van der Waals surface area contributed by atoms with Crippen molar-refractivity contribution >= 4 is 16.8 Å². The van der Waals surface area contributed by atoms with E-state index in [0.29, 0.717) is 13.0 Å². The van der Waals surface area contributed by atoms with Gasteiger partial charge in [-0.15, -0.1) is 6.58 Å². The minimum Gasteiger partial charge on any atom is -0.361 e. The van der Waals surface area contributed by atoms with Crippen LogP contribution < -0.4 is 0 Å². The molecular formula is C18H24N2O. The van der Waals surface area contributed by atoms with Crippen molar-refractivity contribution in [3.05, 3.63) is 48.7 Å². The standard InChI is InChI=1S/C18H24N2O/c1-5-12-20(18(2,3)4)17(21)11-10-14-13-19-16-9-7-6-8-15(14)16/h5-9,13,19H,1,10-12H2,2-4H3. The third-order valence-electron chi connectivity index (χ3n) is 3.71. The molecule has 112 valence electrons. The number of rotatable bonds is 5. The van der Waals surface area contributed by atoms with Crippen molar-refractivity contribution in [2.45, 2.75) is 39.2 Å². The summed E-state index contributed by atoms with van der Waals surface area (Å²) >= 11 is 0. The van der Waals surface area contributed by atoms with Crippen molar-refractivity contribution in [1.82, 2.24) is 9.88 Å². The van der Waals surface area contributed by atoms with Crippen molar-refractivity contribution in [1.29, 1.82) is 0 Å². The summed E-state index contributed by atoms with van der Waals surface area (Å²) in [4.78, 5) is 17.6. The molecule has 21 heavy (non-hydrogen) atoms. The van der Waals surface area contributed by atoms with E-state index in [9.17, 15) is 4.79 Å². The number of fused-ring (bicyclic) bond motifs is 1. The molecule has 1 aromatic carbocycles. The van der Waals surface area contributed by atoms with Gasteiger partial charge in [-0.1, -0.05) is 24.3 Å². The van der Waals surface area contributed by atoms with Gasteiger partial charge >= 0.3 is 0 Å². The zero-order valence-electron chi connectivity index (χ0n) is 13.1. The largest absolute Gasteiger partial charge is 0.361 e. The summed E-state index contributed by atoms with van der Waals surface area (Å²) in [6.07, 6.45) is 5.07. The van der Waals surface area contributed by atoms with Crippen molar-refractivity contribution < 1.29 is 4.79 Å². The molecule has 0 aliphatic rings. The summed E-state index contributed by atoms with van der Waals surface area (Å²) < 4.78 is 0. The number of nitrogens with one attached hydrogen (secondary N) is 1. The van der Waals surface area contributed by atoms with Crippen LogP contribution in [0.5, 0.6) is 0 Å². The molecule has 2 rings (SSSR count). The summed E-state index contributed by atoms with van der Waals surface area (Å²) in [5.41, 5.74) is 2.15. The topological polar surface area (TPSA) is 36.1 Å². The van der Waals surface area contributed by atoms with E-state index in [1.807, 2.05) is 23.2 Å². The number of aromatic amines is 1. The maximum atomic E-state index is 12.5. The fraction of sp³-hybridized carbons (Fsp3) is 0.389. The molecule has 0 radical (unpaired) electrons. The van der Waals surface area contributed by atoms with E-state index in [4.69, 9.17) is 0 Å². The third kappa shape index (κ3) is 3.54. The van der Waals surface area contributed by atoms with E-state index in [1.165, 1.54) is 10.9 Å². The van der Waals surface area contributed by atoms with E-state index < -0.39 is 0 Å². The monoisotopic (exact) mass is 284 g/mol. The van der Waals surface area contributed by atoms with Gasteiger partial charge < -0.3 is 9.88 Å². The van der Waals surface area contributed by atoms with Gasteiger partial charge in [0.2, 0.25) is 5.91 Å². The Morgan fingerprint density at radius 1 is 1.33 bits per heavy atom. The van der Waals surface area contributed by atoms with Crippen LogP contribution in [0.3, 0.4) is 0 Å². The maximum Gasteiger partial charge on any atom is 0.223 e. The van der Waals surface area contributed by atoms with Crippen LogP contribution in [0, 0.1) is 0 Å². The number of hydrogen-bond acceptors (Lipinski definition) is 1. The number of aryl methyl sites for hydroxylation is 1. The van der Waals surface area contributed by atoms with Crippen molar-refractivity contribution in [2.75, 3.05) is 6.54 Å². The minimum absolute atomic E-state index is 0.174. The molecule has 0 saturated heterocycles. The van der Waals surface area contributed by atoms with Crippen LogP contribution >= 0.6 is 0 Å². The van der Waals surface area contributed by atoms with Crippen LogP contribution in [0.1, 0.15) is 32.8 Å². The van der Waals surface area contributed by atoms with Gasteiger partial charge in [0.1, 0.15) is 0 Å². The zero-order chi connectivity index (χ0) is 15.5. The highest BCUT2D eigenvalue weighted by Gasteiger charge is 2.24. The van der Waals surface area contributed by atoms with E-state index in [0.717, 1.165) is 11.9 Å². The lowest BCUT2D eigenvalue weighted by atomic mass is 10.0. The van der Waals surface area contributed by atoms with Crippen LogP contribution in [0.15, 0.2) is 43.1 Å². The number of aromatic nitrogens is 1. The van der Waals surface area contributed by atoms with Gasteiger partial charge in [-0.3, -0.25) is 4.79 Å². The Labute approximate surface area is 126 Å². The molecular weight excluding hydrogens is 260 g/mol. The average molecular weight is 284 g/mol. The zero-order valence-corrected chi connectivity index (χ0v) is 13.1. The molecule has 1 aromatic heterocycles. The molecule has 0 saturated carbocycles. The molecule has 0 aliphatic heterocycles. The van der Waals surface area contributed by atoms with Gasteiger partial charge in [0.15, 0.2) is 0 Å². The lowest BCUT2D eigenvalue weighted by Gasteiger charge is -2.35. The Balaban J connectivity index is 2.08. The van der Waals surface area contributed by atoms with E-state index >= 15 is 0 Å². The predicted octanol–water partition coefficient (Wildman–Crippen LogP) is 3.91. The number of amides is 1. The Bertz CT molecular complexity index is 634. The van der Waals surface area contributed by atoms with Crippen molar-refractivity contribution in [3.8, 4) is 0 Å². The molecule has 0 atom stereocenters. The number of hydrogen-bond donors (Lipinski definition) is 1. The fourth-order valence-electron chi connectivity index (χ4n) is 2.59. The van der Waals surface area contributed by atoms with E-state index in [-0.39, 0.29) is 11.4 Å². The Kier molecular flexibility index (Phi) is 4.51. The normalized spacial score (nSPS) is 11.6. The molecule has 0 fully saturated rings. The van der Waals surface area contributed by atoms with Crippen LogP contribution in [0.25, 0.3) is 10.9 Å². The third-order valence-corrected chi connectivity index (χ3v) is 3.71. The summed E-state index contributed by atoms with van der Waals surface area (Å²) in [5, 5.41) is 1.20. The van der Waals surface area contributed by atoms with Gasteiger partial charge in [0.05, 0.1) is 0 Å². The first-order chi connectivity index (χ1) is 9.93. The molecule has 3 nitrogen and oxygen atoms in total. The molecule has 2 aromatic rings. The first-order valence-electron chi connectivity index (χ1n) is 7.40. The van der Waals surface area contributed by atoms with Crippen molar-refractivity contribution in [2.24, 2.45) is 0 Å². The first-order valence-corrected chi connectivity index (χ1v) is 7.40. The quantitative estimate of drug-likeness (QED) is 0.830. The highest BCUT2D eigenvalue weighted by atomic mass is 16.2. The molecule has 0 aliphatic carbocycles. The van der Waals surface area contributed by atoms with Gasteiger partial charge in [0, 0.05) is 35.6 Å². The van der Waals surface area contributed by atoms with Gasteiger partial charge in [0.25, 0.3) is 0 Å². The van der Waals surface area contributed by atoms with Crippen molar-refractivity contribution in [3.63, 3.8) is 0 Å². The van der Waals surface area contributed by atoms with Crippen LogP contribution in [0.2, 0.25) is 0 Å². The molecule has 0 spiro atoms. The SMILES string of the molecule is C=CCN(C(=O)CCc1c[nH]c2ccccc12)C(C)(C)C. The molecule has 1 amide bonds. The van der Waals surface area contributed by atoms with Gasteiger partial charge in [-0.05, 0) is 38.8 Å². The Morgan fingerprint density at radius 3 is 2.71 bits per heavy atom. The molecule has 1 heterocycles. The Hall–Kier alpha value is -2.03. The number of benzene rings is 1. The summed E-state index contributed by atoms with van der Waals surface area (Å²) in [7, 11) is 0. The molecule has 1 N–H and O–H groups in total. The van der Waals surface area contributed by atoms with Crippen LogP contribution in [-0.4, -0.2) is 27.9 Å². The second kappa shape index (κ2) is 6.17. The maximum absolute atomic E-state index is 12.5. The number of carbonyl (C=O) groups is 1.